The fraction of sp³-hybridized carbons (Fsp3) is 0.625. The summed E-state index contributed by atoms with van der Waals surface area (Å²) in [4.78, 5) is 2.45. The van der Waals surface area contributed by atoms with Crippen molar-refractivity contribution in [3.05, 3.63) is 35.6 Å². The second kappa shape index (κ2) is 7.01. The zero-order valence-electron chi connectivity index (χ0n) is 12.0. The van der Waals surface area contributed by atoms with Crippen LogP contribution in [-0.4, -0.2) is 31.1 Å². The Morgan fingerprint density at radius 1 is 1.42 bits per heavy atom. The molecule has 2 nitrogen and oxygen atoms in total. The number of halogens is 1. The smallest absolute Gasteiger partial charge is 0.123 e. The number of rotatable bonds is 7. The van der Waals surface area contributed by atoms with E-state index in [1.807, 2.05) is 6.07 Å². The standard InChI is InChI=1S/C16H25FN2/c1-3-18-16(13-6-4-7-14(17)12-13)10-11-19(2)15-8-5-9-15/h4,6-7,12,15-16,18H,3,5,8-11H2,1-2H3. The molecule has 1 N–H and O–H groups in total. The fourth-order valence-electron chi connectivity index (χ4n) is 2.70. The molecule has 0 amide bonds. The third-order valence-electron chi connectivity index (χ3n) is 4.17. The molecule has 2 rings (SSSR count). The second-order valence-corrected chi connectivity index (χ2v) is 5.52. The first kappa shape index (κ1) is 14.5. The van der Waals surface area contributed by atoms with Crippen molar-refractivity contribution in [3.63, 3.8) is 0 Å². The van der Waals surface area contributed by atoms with Crippen molar-refractivity contribution in [3.8, 4) is 0 Å². The number of nitrogens with zero attached hydrogens (tertiary/aromatic N) is 1. The Balaban J connectivity index is 1.91. The molecule has 1 saturated carbocycles. The molecule has 1 atom stereocenters. The van der Waals surface area contributed by atoms with E-state index < -0.39 is 0 Å². The molecular formula is C16H25FN2. The maximum absolute atomic E-state index is 13.3. The summed E-state index contributed by atoms with van der Waals surface area (Å²) in [7, 11) is 2.21. The van der Waals surface area contributed by atoms with E-state index in [4.69, 9.17) is 0 Å². The summed E-state index contributed by atoms with van der Waals surface area (Å²) in [5.74, 6) is -0.146. The highest BCUT2D eigenvalue weighted by molar-refractivity contribution is 5.20. The molecule has 19 heavy (non-hydrogen) atoms. The molecule has 0 saturated heterocycles. The van der Waals surface area contributed by atoms with Gasteiger partial charge in [0.25, 0.3) is 0 Å². The van der Waals surface area contributed by atoms with Crippen LogP contribution in [0.2, 0.25) is 0 Å². The van der Waals surface area contributed by atoms with Crippen LogP contribution in [0.3, 0.4) is 0 Å². The SMILES string of the molecule is CCNC(CCN(C)C1CCC1)c1cccc(F)c1. The average molecular weight is 264 g/mol. The summed E-state index contributed by atoms with van der Waals surface area (Å²) in [6, 6.07) is 7.99. The van der Waals surface area contributed by atoms with E-state index in [0.29, 0.717) is 0 Å². The molecule has 0 aromatic heterocycles. The first-order valence-corrected chi connectivity index (χ1v) is 7.39. The molecule has 0 radical (unpaired) electrons. The minimum Gasteiger partial charge on any atom is -0.310 e. The van der Waals surface area contributed by atoms with E-state index in [9.17, 15) is 4.39 Å². The molecular weight excluding hydrogens is 239 g/mol. The van der Waals surface area contributed by atoms with Crippen molar-refractivity contribution >= 4 is 0 Å². The van der Waals surface area contributed by atoms with Crippen molar-refractivity contribution < 1.29 is 4.39 Å². The van der Waals surface area contributed by atoms with Crippen molar-refractivity contribution in [1.29, 1.82) is 0 Å². The summed E-state index contributed by atoms with van der Waals surface area (Å²) in [6.07, 6.45) is 5.07. The lowest BCUT2D eigenvalue weighted by Gasteiger charge is -2.35. The lowest BCUT2D eigenvalue weighted by atomic mass is 9.91. The number of benzene rings is 1. The van der Waals surface area contributed by atoms with Crippen molar-refractivity contribution in [2.75, 3.05) is 20.1 Å². The van der Waals surface area contributed by atoms with Crippen LogP contribution in [0.25, 0.3) is 0 Å². The van der Waals surface area contributed by atoms with E-state index in [2.05, 4.69) is 24.2 Å². The van der Waals surface area contributed by atoms with Gasteiger partial charge in [-0.05, 0) is 57.1 Å². The Kier molecular flexibility index (Phi) is 5.34. The van der Waals surface area contributed by atoms with Crippen LogP contribution >= 0.6 is 0 Å². The van der Waals surface area contributed by atoms with Crippen LogP contribution in [0, 0.1) is 5.82 Å². The summed E-state index contributed by atoms with van der Waals surface area (Å²) in [5.41, 5.74) is 1.06. The molecule has 106 valence electrons. The first-order chi connectivity index (χ1) is 9.20. The number of hydrogen-bond acceptors (Lipinski definition) is 2. The predicted molar refractivity (Wildman–Crippen MR) is 77.7 cm³/mol. The summed E-state index contributed by atoms with van der Waals surface area (Å²) < 4.78 is 13.3. The van der Waals surface area contributed by atoms with E-state index >= 15 is 0 Å². The van der Waals surface area contributed by atoms with Crippen LogP contribution in [0.5, 0.6) is 0 Å². The Bertz CT molecular complexity index is 390. The molecule has 1 unspecified atom stereocenters. The van der Waals surface area contributed by atoms with Crippen LogP contribution in [0.15, 0.2) is 24.3 Å². The predicted octanol–water partition coefficient (Wildman–Crippen LogP) is 3.35. The van der Waals surface area contributed by atoms with E-state index in [0.717, 1.165) is 31.1 Å². The molecule has 1 aliphatic carbocycles. The molecule has 3 heteroatoms. The molecule has 0 aliphatic heterocycles. The molecule has 1 fully saturated rings. The van der Waals surface area contributed by atoms with Gasteiger partial charge in [0.1, 0.15) is 5.82 Å². The van der Waals surface area contributed by atoms with Gasteiger partial charge >= 0.3 is 0 Å². The Labute approximate surface area is 116 Å². The molecule has 1 aliphatic rings. The van der Waals surface area contributed by atoms with Gasteiger partial charge in [-0.25, -0.2) is 4.39 Å². The third kappa shape index (κ3) is 4.02. The maximum Gasteiger partial charge on any atom is 0.123 e. The van der Waals surface area contributed by atoms with Gasteiger partial charge in [0.15, 0.2) is 0 Å². The minimum absolute atomic E-state index is 0.146. The summed E-state index contributed by atoms with van der Waals surface area (Å²) in [6.45, 7) is 4.08. The largest absolute Gasteiger partial charge is 0.310 e. The third-order valence-corrected chi connectivity index (χ3v) is 4.17. The Morgan fingerprint density at radius 2 is 2.21 bits per heavy atom. The van der Waals surface area contributed by atoms with Crippen molar-refractivity contribution in [2.24, 2.45) is 0 Å². The van der Waals surface area contributed by atoms with Crippen LogP contribution in [0.1, 0.15) is 44.2 Å². The quantitative estimate of drug-likeness (QED) is 0.812. The van der Waals surface area contributed by atoms with Crippen LogP contribution in [-0.2, 0) is 0 Å². The lowest BCUT2D eigenvalue weighted by molar-refractivity contribution is 0.153. The topological polar surface area (TPSA) is 15.3 Å². The van der Waals surface area contributed by atoms with Gasteiger partial charge in [0, 0.05) is 12.1 Å². The van der Waals surface area contributed by atoms with Crippen LogP contribution in [0.4, 0.5) is 4.39 Å². The molecule has 1 aromatic rings. The highest BCUT2D eigenvalue weighted by Gasteiger charge is 2.22. The van der Waals surface area contributed by atoms with Gasteiger partial charge in [-0.2, -0.15) is 0 Å². The van der Waals surface area contributed by atoms with E-state index in [1.54, 1.807) is 12.1 Å². The molecule has 0 bridgehead atoms. The van der Waals surface area contributed by atoms with Gasteiger partial charge in [-0.3, -0.25) is 0 Å². The van der Waals surface area contributed by atoms with Crippen molar-refractivity contribution in [1.82, 2.24) is 10.2 Å². The fourth-order valence-corrected chi connectivity index (χ4v) is 2.70. The number of hydrogen-bond donors (Lipinski definition) is 1. The first-order valence-electron chi connectivity index (χ1n) is 7.39. The molecule has 0 heterocycles. The minimum atomic E-state index is -0.146. The van der Waals surface area contributed by atoms with E-state index in [-0.39, 0.29) is 11.9 Å². The zero-order chi connectivity index (χ0) is 13.7. The summed E-state index contributed by atoms with van der Waals surface area (Å²) in [5, 5.41) is 3.46. The second-order valence-electron chi connectivity index (χ2n) is 5.52. The Hall–Kier alpha value is -0.930. The van der Waals surface area contributed by atoms with Gasteiger partial charge in [0.2, 0.25) is 0 Å². The Morgan fingerprint density at radius 3 is 2.79 bits per heavy atom. The van der Waals surface area contributed by atoms with Gasteiger partial charge in [-0.1, -0.05) is 25.5 Å². The van der Waals surface area contributed by atoms with Gasteiger partial charge in [-0.15, -0.1) is 0 Å². The maximum atomic E-state index is 13.3. The summed E-state index contributed by atoms with van der Waals surface area (Å²) >= 11 is 0. The number of nitrogens with one attached hydrogen (secondary N) is 1. The highest BCUT2D eigenvalue weighted by atomic mass is 19.1. The zero-order valence-corrected chi connectivity index (χ0v) is 12.0. The highest BCUT2D eigenvalue weighted by Crippen LogP contribution is 2.25. The van der Waals surface area contributed by atoms with Crippen LogP contribution < -0.4 is 5.32 Å². The van der Waals surface area contributed by atoms with Crippen molar-refractivity contribution in [2.45, 2.75) is 44.7 Å². The van der Waals surface area contributed by atoms with Gasteiger partial charge in [0.05, 0.1) is 0 Å². The van der Waals surface area contributed by atoms with Gasteiger partial charge < -0.3 is 10.2 Å². The molecule has 0 spiro atoms. The van der Waals surface area contributed by atoms with E-state index in [1.165, 1.54) is 25.3 Å². The lowest BCUT2D eigenvalue weighted by Crippen LogP contribution is -2.39. The average Bonchev–Trinajstić information content (AvgIpc) is 2.32. The monoisotopic (exact) mass is 264 g/mol. The normalized spacial score (nSPS) is 17.5. The molecule has 1 aromatic carbocycles.